The molecule has 0 fully saturated rings. The van der Waals surface area contributed by atoms with E-state index in [9.17, 15) is 14.4 Å². The van der Waals surface area contributed by atoms with Gasteiger partial charge in [0.2, 0.25) is 5.91 Å². The summed E-state index contributed by atoms with van der Waals surface area (Å²) in [5.74, 6) is -0.810. The zero-order valence-corrected chi connectivity index (χ0v) is 19.4. The van der Waals surface area contributed by atoms with Gasteiger partial charge >= 0.3 is 0 Å². The van der Waals surface area contributed by atoms with E-state index in [1.807, 2.05) is 13.8 Å². The Hall–Kier alpha value is -3.52. The zero-order valence-electron chi connectivity index (χ0n) is 18.6. The average molecular weight is 463 g/mol. The van der Waals surface area contributed by atoms with E-state index in [-0.39, 0.29) is 23.6 Å². The van der Waals surface area contributed by atoms with E-state index in [2.05, 4.69) is 20.9 Å². The van der Waals surface area contributed by atoms with Crippen molar-refractivity contribution in [2.24, 2.45) is 5.92 Å². The summed E-state index contributed by atoms with van der Waals surface area (Å²) in [4.78, 5) is 43.3. The highest BCUT2D eigenvalue weighted by Crippen LogP contribution is 2.39. The number of fused-ring (bicyclic) bond motifs is 1. The lowest BCUT2D eigenvalue weighted by Crippen LogP contribution is -2.19. The van der Waals surface area contributed by atoms with Crippen molar-refractivity contribution in [2.45, 2.75) is 39.5 Å². The van der Waals surface area contributed by atoms with E-state index < -0.39 is 0 Å². The second-order valence-electron chi connectivity index (χ2n) is 8.29. The number of aryl methyl sites for hydroxylation is 1. The molecular formula is C25H26N4O3S. The second kappa shape index (κ2) is 9.95. The normalized spacial score (nSPS) is 12.7. The molecule has 7 nitrogen and oxygen atoms in total. The van der Waals surface area contributed by atoms with Crippen LogP contribution in [0.2, 0.25) is 0 Å². The number of pyridine rings is 1. The molecule has 0 atom stereocenters. The van der Waals surface area contributed by atoms with Crippen molar-refractivity contribution in [3.8, 4) is 0 Å². The predicted octanol–water partition coefficient (Wildman–Crippen LogP) is 5.12. The largest absolute Gasteiger partial charge is 0.326 e. The zero-order chi connectivity index (χ0) is 23.4. The summed E-state index contributed by atoms with van der Waals surface area (Å²) in [6.07, 6.45) is 6.90. The molecule has 0 spiro atoms. The van der Waals surface area contributed by atoms with Gasteiger partial charge in [-0.25, -0.2) is 0 Å². The molecule has 2 heterocycles. The number of hydrogen-bond acceptors (Lipinski definition) is 5. The summed E-state index contributed by atoms with van der Waals surface area (Å²) < 4.78 is 0. The van der Waals surface area contributed by atoms with Crippen LogP contribution in [-0.2, 0) is 17.6 Å². The second-order valence-corrected chi connectivity index (χ2v) is 9.39. The van der Waals surface area contributed by atoms with Crippen molar-refractivity contribution in [3.63, 3.8) is 0 Å². The van der Waals surface area contributed by atoms with Crippen LogP contribution in [-0.4, -0.2) is 22.7 Å². The number of benzene rings is 1. The van der Waals surface area contributed by atoms with Crippen molar-refractivity contribution in [3.05, 3.63) is 70.4 Å². The van der Waals surface area contributed by atoms with Crippen molar-refractivity contribution in [1.29, 1.82) is 0 Å². The SMILES string of the molecule is CC(C)C(=O)Nc1cccc(NC(=O)c2c(NC(=O)c3cccnc3)sc3c2CCCC3)c1. The fourth-order valence-corrected chi connectivity index (χ4v) is 5.00. The first kappa shape index (κ1) is 22.7. The third-order valence-electron chi connectivity index (χ3n) is 5.46. The average Bonchev–Trinajstić information content (AvgIpc) is 3.17. The molecule has 0 saturated heterocycles. The van der Waals surface area contributed by atoms with Crippen LogP contribution in [0.1, 0.15) is 57.8 Å². The van der Waals surface area contributed by atoms with Crippen LogP contribution in [0, 0.1) is 5.92 Å². The predicted molar refractivity (Wildman–Crippen MR) is 131 cm³/mol. The Kier molecular flexibility index (Phi) is 6.84. The third-order valence-corrected chi connectivity index (χ3v) is 6.67. The molecule has 4 rings (SSSR count). The van der Waals surface area contributed by atoms with Gasteiger partial charge < -0.3 is 16.0 Å². The fourth-order valence-electron chi connectivity index (χ4n) is 3.72. The number of rotatable bonds is 6. The van der Waals surface area contributed by atoms with Gasteiger partial charge in [0.05, 0.1) is 11.1 Å². The van der Waals surface area contributed by atoms with Gasteiger partial charge in [-0.1, -0.05) is 19.9 Å². The molecule has 3 amide bonds. The minimum absolute atomic E-state index is 0.0919. The molecule has 170 valence electrons. The van der Waals surface area contributed by atoms with Crippen molar-refractivity contribution >= 4 is 45.4 Å². The van der Waals surface area contributed by atoms with Crippen molar-refractivity contribution in [2.75, 3.05) is 16.0 Å². The van der Waals surface area contributed by atoms with E-state index >= 15 is 0 Å². The summed E-state index contributed by atoms with van der Waals surface area (Å²) in [6, 6.07) is 10.4. The van der Waals surface area contributed by atoms with Crippen LogP contribution < -0.4 is 16.0 Å². The maximum atomic E-state index is 13.4. The molecule has 1 aliphatic rings. The number of thiophene rings is 1. The van der Waals surface area contributed by atoms with Crippen LogP contribution in [0.25, 0.3) is 0 Å². The van der Waals surface area contributed by atoms with Crippen LogP contribution in [0.4, 0.5) is 16.4 Å². The van der Waals surface area contributed by atoms with Gasteiger partial charge in [-0.05, 0) is 61.6 Å². The highest BCUT2D eigenvalue weighted by atomic mass is 32.1. The molecular weight excluding hydrogens is 436 g/mol. The maximum absolute atomic E-state index is 13.4. The van der Waals surface area contributed by atoms with E-state index in [0.717, 1.165) is 36.1 Å². The monoisotopic (exact) mass is 462 g/mol. The van der Waals surface area contributed by atoms with Gasteiger partial charge in [0, 0.05) is 34.6 Å². The first-order valence-electron chi connectivity index (χ1n) is 11.0. The van der Waals surface area contributed by atoms with E-state index in [4.69, 9.17) is 0 Å². The number of nitrogens with zero attached hydrogens (tertiary/aromatic N) is 1. The number of anilines is 3. The molecule has 2 aromatic heterocycles. The Labute approximate surface area is 196 Å². The number of carbonyl (C=O) groups is 3. The molecule has 1 aromatic carbocycles. The summed E-state index contributed by atoms with van der Waals surface area (Å²) in [5, 5.41) is 9.26. The molecule has 0 radical (unpaired) electrons. The molecule has 1 aliphatic carbocycles. The van der Waals surface area contributed by atoms with Crippen molar-refractivity contribution in [1.82, 2.24) is 4.98 Å². The standard InChI is InChI=1S/C25H26N4O3S/c1-15(2)22(30)27-17-8-5-9-18(13-17)28-24(32)21-19-10-3-4-11-20(19)33-25(21)29-23(31)16-7-6-12-26-14-16/h5-9,12-15H,3-4,10-11H2,1-2H3,(H,27,30)(H,28,32)(H,29,31). The first-order chi connectivity index (χ1) is 15.9. The van der Waals surface area contributed by atoms with Gasteiger partial charge in [-0.15, -0.1) is 11.3 Å². The third kappa shape index (κ3) is 5.28. The first-order valence-corrected chi connectivity index (χ1v) is 11.8. The van der Waals surface area contributed by atoms with E-state index in [1.54, 1.807) is 42.6 Å². The van der Waals surface area contributed by atoms with Crippen LogP contribution in [0.5, 0.6) is 0 Å². The molecule has 0 unspecified atom stereocenters. The highest BCUT2D eigenvalue weighted by Gasteiger charge is 2.27. The number of nitrogens with one attached hydrogen (secondary N) is 3. The Bertz CT molecular complexity index is 1190. The fraction of sp³-hybridized carbons (Fsp3) is 0.280. The smallest absolute Gasteiger partial charge is 0.258 e. The summed E-state index contributed by atoms with van der Waals surface area (Å²) in [5.41, 5.74) is 3.15. The van der Waals surface area contributed by atoms with Gasteiger partial charge in [-0.3, -0.25) is 19.4 Å². The van der Waals surface area contributed by atoms with E-state index in [1.165, 1.54) is 17.5 Å². The Morgan fingerprint density at radius 3 is 2.42 bits per heavy atom. The maximum Gasteiger partial charge on any atom is 0.258 e. The van der Waals surface area contributed by atoms with Gasteiger partial charge in [0.15, 0.2) is 0 Å². The topological polar surface area (TPSA) is 100 Å². The van der Waals surface area contributed by atoms with Crippen LogP contribution in [0.3, 0.4) is 0 Å². The van der Waals surface area contributed by atoms with Gasteiger partial charge in [0.1, 0.15) is 5.00 Å². The summed E-state index contributed by atoms with van der Waals surface area (Å²) in [7, 11) is 0. The molecule has 0 saturated carbocycles. The highest BCUT2D eigenvalue weighted by molar-refractivity contribution is 7.17. The number of amides is 3. The summed E-state index contributed by atoms with van der Waals surface area (Å²) in [6.45, 7) is 3.64. The van der Waals surface area contributed by atoms with Crippen LogP contribution >= 0.6 is 11.3 Å². The number of hydrogen-bond donors (Lipinski definition) is 3. The minimum atomic E-state index is -0.297. The number of carbonyl (C=O) groups excluding carboxylic acids is 3. The quantitative estimate of drug-likeness (QED) is 0.473. The molecule has 3 aromatic rings. The van der Waals surface area contributed by atoms with Crippen molar-refractivity contribution < 1.29 is 14.4 Å². The van der Waals surface area contributed by atoms with E-state index in [0.29, 0.717) is 27.5 Å². The molecule has 33 heavy (non-hydrogen) atoms. The minimum Gasteiger partial charge on any atom is -0.326 e. The number of aromatic nitrogens is 1. The van der Waals surface area contributed by atoms with Gasteiger partial charge in [-0.2, -0.15) is 0 Å². The van der Waals surface area contributed by atoms with Crippen LogP contribution in [0.15, 0.2) is 48.8 Å². The molecule has 8 heteroatoms. The summed E-state index contributed by atoms with van der Waals surface area (Å²) >= 11 is 1.47. The Balaban J connectivity index is 1.59. The Morgan fingerprint density at radius 1 is 0.939 bits per heavy atom. The molecule has 0 bridgehead atoms. The lowest BCUT2D eigenvalue weighted by atomic mass is 9.95. The van der Waals surface area contributed by atoms with Gasteiger partial charge in [0.25, 0.3) is 11.8 Å². The molecule has 0 aliphatic heterocycles. The molecule has 3 N–H and O–H groups in total. The lowest BCUT2D eigenvalue weighted by molar-refractivity contribution is -0.118. The lowest BCUT2D eigenvalue weighted by Gasteiger charge is -2.14. The Morgan fingerprint density at radius 2 is 1.70 bits per heavy atom.